The molecule has 0 saturated heterocycles. The number of rotatable bonds is 4. The summed E-state index contributed by atoms with van der Waals surface area (Å²) in [6, 6.07) is 13.3. The molecule has 0 spiro atoms. The van der Waals surface area contributed by atoms with Crippen molar-refractivity contribution >= 4 is 16.9 Å². The van der Waals surface area contributed by atoms with E-state index >= 15 is 0 Å². The highest BCUT2D eigenvalue weighted by atomic mass is 16.2. The van der Waals surface area contributed by atoms with Crippen molar-refractivity contribution in [1.29, 1.82) is 0 Å². The number of H-pyrrole nitrogens is 1. The Morgan fingerprint density at radius 2 is 2.04 bits per heavy atom. The topological polar surface area (TPSA) is 96.0 Å². The molecular formula is C21H22N4O3. The van der Waals surface area contributed by atoms with Crippen molar-refractivity contribution in [3.8, 4) is 0 Å². The number of carbonyl (C=O) groups is 1. The predicted molar refractivity (Wildman–Crippen MR) is 108 cm³/mol. The molecule has 1 aliphatic rings. The van der Waals surface area contributed by atoms with E-state index in [1.54, 1.807) is 25.1 Å². The lowest BCUT2D eigenvalue weighted by atomic mass is 9.94. The molecule has 1 atom stereocenters. The number of fused-ring (bicyclic) bond motifs is 2. The number of hydrogen-bond acceptors (Lipinski definition) is 4. The summed E-state index contributed by atoms with van der Waals surface area (Å²) in [6.07, 6.45) is 0.984. The highest BCUT2D eigenvalue weighted by molar-refractivity contribution is 5.97. The van der Waals surface area contributed by atoms with Crippen molar-refractivity contribution in [2.24, 2.45) is 0 Å². The van der Waals surface area contributed by atoms with Gasteiger partial charge in [-0.3, -0.25) is 14.4 Å². The fourth-order valence-corrected chi connectivity index (χ4v) is 3.81. The summed E-state index contributed by atoms with van der Waals surface area (Å²) in [7, 11) is 0. The van der Waals surface area contributed by atoms with Gasteiger partial charge in [0.05, 0.1) is 11.0 Å². The number of aromatic nitrogens is 2. The van der Waals surface area contributed by atoms with E-state index in [4.69, 9.17) is 0 Å². The van der Waals surface area contributed by atoms with E-state index in [-0.39, 0.29) is 11.9 Å². The number of benzene rings is 2. The summed E-state index contributed by atoms with van der Waals surface area (Å²) < 4.78 is 1.40. The Morgan fingerprint density at radius 1 is 1.21 bits per heavy atom. The first-order chi connectivity index (χ1) is 13.6. The molecule has 1 amide bonds. The second-order valence-electron chi connectivity index (χ2n) is 6.90. The van der Waals surface area contributed by atoms with Gasteiger partial charge in [0.25, 0.3) is 5.91 Å². The van der Waals surface area contributed by atoms with Crippen LogP contribution in [0, 0.1) is 0 Å². The Labute approximate surface area is 161 Å². The molecule has 0 saturated carbocycles. The van der Waals surface area contributed by atoms with Crippen LogP contribution in [-0.4, -0.2) is 28.5 Å². The van der Waals surface area contributed by atoms with Gasteiger partial charge >= 0.3 is 11.1 Å². The second kappa shape index (κ2) is 7.44. The van der Waals surface area contributed by atoms with E-state index in [9.17, 15) is 14.4 Å². The maximum atomic E-state index is 12.6. The van der Waals surface area contributed by atoms with Crippen LogP contribution in [-0.2, 0) is 13.0 Å². The van der Waals surface area contributed by atoms with Crippen LogP contribution in [0.1, 0.15) is 34.5 Å². The third-order valence-corrected chi connectivity index (χ3v) is 5.24. The number of carbonyl (C=O) groups excluding carboxylic acids is 1. The predicted octanol–water partition coefficient (Wildman–Crippen LogP) is 1.33. The zero-order valence-electron chi connectivity index (χ0n) is 15.6. The zero-order chi connectivity index (χ0) is 19.7. The van der Waals surface area contributed by atoms with Crippen molar-refractivity contribution in [3.05, 3.63) is 79.9 Å². The highest BCUT2D eigenvalue weighted by Gasteiger charge is 2.20. The minimum atomic E-state index is -0.685. The molecule has 3 aromatic rings. The van der Waals surface area contributed by atoms with Gasteiger partial charge in [-0.2, -0.15) is 0 Å². The average molecular weight is 378 g/mol. The van der Waals surface area contributed by atoms with Gasteiger partial charge in [0.1, 0.15) is 0 Å². The first-order valence-electron chi connectivity index (χ1n) is 9.44. The molecule has 7 heteroatoms. The monoisotopic (exact) mass is 378 g/mol. The second-order valence-corrected chi connectivity index (χ2v) is 6.90. The first kappa shape index (κ1) is 18.2. The third-order valence-electron chi connectivity index (χ3n) is 5.24. The minimum absolute atomic E-state index is 0.0689. The largest absolute Gasteiger partial charge is 0.350 e. The van der Waals surface area contributed by atoms with Crippen molar-refractivity contribution in [2.45, 2.75) is 25.9 Å². The lowest BCUT2D eigenvalue weighted by molar-refractivity contribution is 0.0949. The number of nitrogens with one attached hydrogen (secondary N) is 3. The first-order valence-corrected chi connectivity index (χ1v) is 9.44. The van der Waals surface area contributed by atoms with Crippen LogP contribution < -0.4 is 21.8 Å². The molecule has 144 valence electrons. The molecule has 2 heterocycles. The van der Waals surface area contributed by atoms with Crippen molar-refractivity contribution in [2.75, 3.05) is 13.1 Å². The number of nitrogens with zero attached hydrogens (tertiary/aromatic N) is 1. The maximum Gasteiger partial charge on any atom is 0.316 e. The van der Waals surface area contributed by atoms with E-state index in [0.717, 1.165) is 13.0 Å². The standard InChI is InChI=1S/C21H22N4O3/c1-2-25-18-8-7-14(11-16(18)24-20(27)21(25)28)19(26)23-12-17-15-6-4-3-5-13(15)9-10-22-17/h3-8,11,17,22H,2,9-10,12H2,1H3,(H,23,26)(H,24,27). The minimum Gasteiger partial charge on any atom is -0.350 e. The normalized spacial score (nSPS) is 16.0. The lowest BCUT2D eigenvalue weighted by Gasteiger charge is -2.27. The maximum absolute atomic E-state index is 12.6. The fraction of sp³-hybridized carbons (Fsp3) is 0.286. The van der Waals surface area contributed by atoms with Crippen molar-refractivity contribution < 1.29 is 4.79 Å². The molecule has 1 aromatic heterocycles. The average Bonchev–Trinajstić information content (AvgIpc) is 2.72. The van der Waals surface area contributed by atoms with Crippen LogP contribution in [0.4, 0.5) is 0 Å². The molecule has 7 nitrogen and oxygen atoms in total. The van der Waals surface area contributed by atoms with Crippen LogP contribution >= 0.6 is 0 Å². The van der Waals surface area contributed by atoms with Crippen LogP contribution in [0.3, 0.4) is 0 Å². The molecule has 1 unspecified atom stereocenters. The third kappa shape index (κ3) is 3.25. The van der Waals surface area contributed by atoms with Crippen LogP contribution in [0.25, 0.3) is 11.0 Å². The van der Waals surface area contributed by atoms with Crippen LogP contribution in [0.15, 0.2) is 52.1 Å². The van der Waals surface area contributed by atoms with E-state index in [0.29, 0.717) is 29.7 Å². The summed E-state index contributed by atoms with van der Waals surface area (Å²) in [5, 5.41) is 6.41. The number of aryl methyl sites for hydroxylation is 1. The Balaban J connectivity index is 1.56. The molecule has 3 N–H and O–H groups in total. The molecule has 1 aliphatic heterocycles. The molecule has 4 rings (SSSR count). The Kier molecular flexibility index (Phi) is 4.83. The SMILES string of the molecule is CCn1c(=O)c(=O)[nH]c2cc(C(=O)NCC3NCCc4ccccc43)ccc21. The van der Waals surface area contributed by atoms with E-state index < -0.39 is 11.1 Å². The lowest BCUT2D eigenvalue weighted by Crippen LogP contribution is -2.39. The van der Waals surface area contributed by atoms with Crippen molar-refractivity contribution in [1.82, 2.24) is 20.2 Å². The zero-order valence-corrected chi connectivity index (χ0v) is 15.6. The van der Waals surface area contributed by atoms with Gasteiger partial charge in [-0.05, 0) is 49.2 Å². The summed E-state index contributed by atoms with van der Waals surface area (Å²) in [6.45, 7) is 3.54. The van der Waals surface area contributed by atoms with Gasteiger partial charge < -0.3 is 20.2 Å². The van der Waals surface area contributed by atoms with Gasteiger partial charge in [-0.15, -0.1) is 0 Å². The number of aromatic amines is 1. The van der Waals surface area contributed by atoms with Gasteiger partial charge in [-0.1, -0.05) is 24.3 Å². The van der Waals surface area contributed by atoms with E-state index in [1.807, 2.05) is 12.1 Å². The van der Waals surface area contributed by atoms with E-state index in [2.05, 4.69) is 27.8 Å². The molecule has 0 radical (unpaired) electrons. The van der Waals surface area contributed by atoms with Crippen LogP contribution in [0.2, 0.25) is 0 Å². The van der Waals surface area contributed by atoms with Gasteiger partial charge in [-0.25, -0.2) is 0 Å². The summed E-state index contributed by atoms with van der Waals surface area (Å²) in [5.41, 5.74) is 2.76. The smallest absolute Gasteiger partial charge is 0.316 e. The molecule has 0 aliphatic carbocycles. The van der Waals surface area contributed by atoms with Crippen molar-refractivity contribution in [3.63, 3.8) is 0 Å². The Morgan fingerprint density at radius 3 is 2.86 bits per heavy atom. The summed E-state index contributed by atoms with van der Waals surface area (Å²) in [4.78, 5) is 39.0. The molecule has 0 fully saturated rings. The quantitative estimate of drug-likeness (QED) is 0.597. The summed E-state index contributed by atoms with van der Waals surface area (Å²) in [5.74, 6) is -0.221. The van der Waals surface area contributed by atoms with Gasteiger partial charge in [0.2, 0.25) is 0 Å². The highest BCUT2D eigenvalue weighted by Crippen LogP contribution is 2.22. The molecule has 28 heavy (non-hydrogen) atoms. The molecular weight excluding hydrogens is 356 g/mol. The molecule has 2 aromatic carbocycles. The van der Waals surface area contributed by atoms with E-state index in [1.165, 1.54) is 15.7 Å². The van der Waals surface area contributed by atoms with Crippen LogP contribution in [0.5, 0.6) is 0 Å². The summed E-state index contributed by atoms with van der Waals surface area (Å²) >= 11 is 0. The molecule has 0 bridgehead atoms. The number of hydrogen-bond donors (Lipinski definition) is 3. The van der Waals surface area contributed by atoms with Gasteiger partial charge in [0, 0.05) is 24.7 Å². The fourth-order valence-electron chi connectivity index (χ4n) is 3.81. The Hall–Kier alpha value is -3.19. The number of amides is 1. The Bertz CT molecular complexity index is 1160. The van der Waals surface area contributed by atoms with Gasteiger partial charge in [0.15, 0.2) is 0 Å².